The van der Waals surface area contributed by atoms with Crippen LogP contribution >= 0.6 is 15.9 Å². The molecule has 1 aromatic heterocycles. The first-order valence-corrected chi connectivity index (χ1v) is 8.00. The summed E-state index contributed by atoms with van der Waals surface area (Å²) in [5.74, 6) is -3.17. The number of halogens is 2. The van der Waals surface area contributed by atoms with Gasteiger partial charge < -0.3 is 14.8 Å². The number of nitrogens with one attached hydrogen (secondary N) is 1. The Hall–Kier alpha value is -2.03. The molecule has 0 unspecified atom stereocenters. The molecule has 1 amide bonds. The number of pyridine rings is 1. The summed E-state index contributed by atoms with van der Waals surface area (Å²) >= 11 is 2.93. The number of hydrogen-bond acceptors (Lipinski definition) is 6. The third-order valence-electron chi connectivity index (χ3n) is 2.94. The van der Waals surface area contributed by atoms with Crippen LogP contribution in [0.4, 0.5) is 4.39 Å². The van der Waals surface area contributed by atoms with Crippen LogP contribution in [-0.2, 0) is 30.3 Å². The van der Waals surface area contributed by atoms with Crippen molar-refractivity contribution in [3.05, 3.63) is 28.2 Å². The van der Waals surface area contributed by atoms with E-state index in [0.29, 0.717) is 0 Å². The molecule has 1 N–H and O–H groups in total. The van der Waals surface area contributed by atoms with Crippen LogP contribution in [0.2, 0.25) is 0 Å². The minimum atomic E-state index is -2.10. The summed E-state index contributed by atoms with van der Waals surface area (Å²) in [5.41, 5.74) is -1.90. The van der Waals surface area contributed by atoms with Crippen LogP contribution in [0, 0.1) is 5.82 Å². The summed E-state index contributed by atoms with van der Waals surface area (Å²) < 4.78 is 23.1. The van der Waals surface area contributed by atoms with Gasteiger partial charge in [-0.05, 0) is 41.9 Å². The molecule has 0 bridgehead atoms. The maximum atomic E-state index is 13.3. The van der Waals surface area contributed by atoms with Crippen molar-refractivity contribution in [3.63, 3.8) is 0 Å². The molecular formula is C15H18BrFN2O5. The summed E-state index contributed by atoms with van der Waals surface area (Å²) in [6.07, 6.45) is -0.344. The van der Waals surface area contributed by atoms with Crippen molar-refractivity contribution in [2.24, 2.45) is 0 Å². The number of carbonyl (C=O) groups excluding carboxylic acids is 3. The third kappa shape index (κ3) is 4.73. The first kappa shape index (κ1) is 20.0. The van der Waals surface area contributed by atoms with Gasteiger partial charge in [-0.25, -0.2) is 19.0 Å². The van der Waals surface area contributed by atoms with Crippen LogP contribution in [0.3, 0.4) is 0 Å². The molecule has 132 valence electrons. The number of amides is 1. The minimum absolute atomic E-state index is 0.000113. The lowest BCUT2D eigenvalue weighted by molar-refractivity contribution is -0.168. The lowest BCUT2D eigenvalue weighted by Gasteiger charge is -2.29. The summed E-state index contributed by atoms with van der Waals surface area (Å²) in [5, 5.41) is 2.31. The van der Waals surface area contributed by atoms with E-state index in [9.17, 15) is 18.8 Å². The van der Waals surface area contributed by atoms with Gasteiger partial charge in [-0.15, -0.1) is 0 Å². The van der Waals surface area contributed by atoms with Gasteiger partial charge in [-0.1, -0.05) is 0 Å². The van der Waals surface area contributed by atoms with Gasteiger partial charge in [0.2, 0.25) is 11.4 Å². The van der Waals surface area contributed by atoms with E-state index < -0.39 is 29.2 Å². The van der Waals surface area contributed by atoms with Crippen molar-refractivity contribution >= 4 is 33.8 Å². The van der Waals surface area contributed by atoms with Gasteiger partial charge in [-0.3, -0.25) is 4.79 Å². The van der Waals surface area contributed by atoms with Gasteiger partial charge in [0.15, 0.2) is 5.82 Å². The fourth-order valence-electron chi connectivity index (χ4n) is 2.01. The number of ether oxygens (including phenoxy) is 2. The molecule has 0 atom stereocenters. The van der Waals surface area contributed by atoms with E-state index in [1.54, 1.807) is 13.8 Å². The minimum Gasteiger partial charge on any atom is -0.464 e. The molecule has 0 aliphatic carbocycles. The van der Waals surface area contributed by atoms with Crippen LogP contribution in [0.5, 0.6) is 0 Å². The van der Waals surface area contributed by atoms with E-state index in [1.165, 1.54) is 6.07 Å². The average molecular weight is 405 g/mol. The normalized spacial score (nSPS) is 10.9. The molecule has 9 heteroatoms. The van der Waals surface area contributed by atoms with E-state index in [-0.39, 0.29) is 29.9 Å². The highest BCUT2D eigenvalue weighted by Crippen LogP contribution is 2.20. The molecule has 0 fully saturated rings. The summed E-state index contributed by atoms with van der Waals surface area (Å²) in [6.45, 7) is 4.28. The molecular weight excluding hydrogens is 387 g/mol. The number of nitrogens with zero attached hydrogens (tertiary/aromatic N) is 1. The van der Waals surface area contributed by atoms with Crippen LogP contribution in [0.25, 0.3) is 0 Å². The Bertz CT molecular complexity index is 620. The smallest absolute Gasteiger partial charge is 0.344 e. The van der Waals surface area contributed by atoms with E-state index in [2.05, 4.69) is 26.2 Å². The van der Waals surface area contributed by atoms with Gasteiger partial charge >= 0.3 is 11.9 Å². The predicted molar refractivity (Wildman–Crippen MR) is 85.4 cm³/mol. The molecule has 0 aliphatic rings. The largest absolute Gasteiger partial charge is 0.464 e. The number of carbonyl (C=O) groups is 3. The number of esters is 2. The highest BCUT2D eigenvalue weighted by atomic mass is 79.9. The Morgan fingerprint density at radius 3 is 2.17 bits per heavy atom. The molecule has 0 aromatic carbocycles. The van der Waals surface area contributed by atoms with E-state index in [4.69, 9.17) is 9.47 Å². The zero-order valence-electron chi connectivity index (χ0n) is 13.5. The van der Waals surface area contributed by atoms with E-state index in [0.717, 1.165) is 13.0 Å². The second-order valence-corrected chi connectivity index (χ2v) is 5.53. The summed E-state index contributed by atoms with van der Waals surface area (Å²) in [4.78, 5) is 40.3. The van der Waals surface area contributed by atoms with Crippen molar-refractivity contribution in [2.45, 2.75) is 32.7 Å². The maximum absolute atomic E-state index is 13.3. The summed E-state index contributed by atoms with van der Waals surface area (Å²) in [7, 11) is 0. The monoisotopic (exact) mass is 404 g/mol. The number of rotatable bonds is 7. The fourth-order valence-corrected chi connectivity index (χ4v) is 2.37. The van der Waals surface area contributed by atoms with Crippen molar-refractivity contribution in [1.29, 1.82) is 0 Å². The zero-order chi connectivity index (χ0) is 18.3. The molecule has 0 saturated heterocycles. The lowest BCUT2D eigenvalue weighted by atomic mass is 9.92. The van der Waals surface area contributed by atoms with Crippen LogP contribution in [-0.4, -0.2) is 41.6 Å². The summed E-state index contributed by atoms with van der Waals surface area (Å²) in [6, 6.07) is 2.43. The SMILES string of the molecule is CCOC(=O)C(Cc1ccc(F)c(Br)n1)(NC(C)=O)C(=O)OCC. The fraction of sp³-hybridized carbons (Fsp3) is 0.467. The maximum Gasteiger partial charge on any atom is 0.344 e. The van der Waals surface area contributed by atoms with Crippen LogP contribution in [0.15, 0.2) is 16.7 Å². The van der Waals surface area contributed by atoms with Gasteiger partial charge in [0, 0.05) is 19.0 Å². The molecule has 0 radical (unpaired) electrons. The molecule has 1 rings (SSSR count). The zero-order valence-corrected chi connectivity index (χ0v) is 15.1. The van der Waals surface area contributed by atoms with Crippen molar-refractivity contribution in [1.82, 2.24) is 10.3 Å². The van der Waals surface area contributed by atoms with Gasteiger partial charge in [0.1, 0.15) is 4.60 Å². The lowest BCUT2D eigenvalue weighted by Crippen LogP contribution is -2.62. The topological polar surface area (TPSA) is 94.6 Å². The number of hydrogen-bond donors (Lipinski definition) is 1. The van der Waals surface area contributed by atoms with Crippen molar-refractivity contribution < 1.29 is 28.2 Å². The van der Waals surface area contributed by atoms with Gasteiger partial charge in [0.05, 0.1) is 13.2 Å². The predicted octanol–water partition coefficient (Wildman–Crippen LogP) is 1.53. The van der Waals surface area contributed by atoms with Crippen LogP contribution < -0.4 is 5.32 Å². The Balaban J connectivity index is 3.35. The Morgan fingerprint density at radius 1 is 1.21 bits per heavy atom. The molecule has 0 saturated carbocycles. The first-order valence-electron chi connectivity index (χ1n) is 7.21. The Labute approximate surface area is 147 Å². The highest BCUT2D eigenvalue weighted by molar-refractivity contribution is 9.10. The van der Waals surface area contributed by atoms with E-state index in [1.807, 2.05) is 0 Å². The quantitative estimate of drug-likeness (QED) is 0.420. The second-order valence-electron chi connectivity index (χ2n) is 4.78. The van der Waals surface area contributed by atoms with Crippen molar-refractivity contribution in [3.8, 4) is 0 Å². The molecule has 0 spiro atoms. The standard InChI is InChI=1S/C15H18BrFN2O5/c1-4-23-13(21)15(19-9(3)20,14(22)24-5-2)8-10-6-7-11(17)12(16)18-10/h6-7H,4-5,8H2,1-3H3,(H,19,20). The second kappa shape index (κ2) is 8.72. The van der Waals surface area contributed by atoms with E-state index >= 15 is 0 Å². The molecule has 7 nitrogen and oxygen atoms in total. The molecule has 0 aliphatic heterocycles. The molecule has 1 aromatic rings. The van der Waals surface area contributed by atoms with Crippen LogP contribution in [0.1, 0.15) is 26.5 Å². The van der Waals surface area contributed by atoms with Crippen molar-refractivity contribution in [2.75, 3.05) is 13.2 Å². The van der Waals surface area contributed by atoms with Gasteiger partial charge in [-0.2, -0.15) is 0 Å². The third-order valence-corrected chi connectivity index (χ3v) is 3.50. The first-order chi connectivity index (χ1) is 11.3. The number of aromatic nitrogens is 1. The molecule has 1 heterocycles. The molecule has 24 heavy (non-hydrogen) atoms. The Morgan fingerprint density at radius 2 is 1.75 bits per heavy atom. The Kier molecular flexibility index (Phi) is 7.27. The van der Waals surface area contributed by atoms with Gasteiger partial charge in [0.25, 0.3) is 0 Å². The highest BCUT2D eigenvalue weighted by Gasteiger charge is 2.50. The average Bonchev–Trinajstić information content (AvgIpc) is 2.50.